The third-order valence-electron chi connectivity index (χ3n) is 7.74. The van der Waals surface area contributed by atoms with Crippen LogP contribution in [-0.2, 0) is 30.0 Å². The minimum atomic E-state index is -3.51. The Bertz CT molecular complexity index is 2250. The van der Waals surface area contributed by atoms with Crippen molar-refractivity contribution < 1.29 is 41.4 Å². The molecule has 4 heterocycles. The molecular formula is C37H44FN7O8S. The maximum atomic E-state index is 16.8. The van der Waals surface area contributed by atoms with Gasteiger partial charge in [-0.05, 0) is 104 Å². The summed E-state index contributed by atoms with van der Waals surface area (Å²) in [5.41, 5.74) is -1.91. The van der Waals surface area contributed by atoms with E-state index in [0.717, 1.165) is 0 Å². The molecule has 2 N–H and O–H groups in total. The van der Waals surface area contributed by atoms with Gasteiger partial charge in [0.05, 0.1) is 29.0 Å². The van der Waals surface area contributed by atoms with Crippen LogP contribution < -0.4 is 19.8 Å². The molecule has 288 valence electrons. The molecule has 0 saturated heterocycles. The van der Waals surface area contributed by atoms with Crippen LogP contribution in [0.2, 0.25) is 0 Å². The van der Waals surface area contributed by atoms with Crippen molar-refractivity contribution in [3.63, 3.8) is 0 Å². The standard InChI is InChI=1S/C37H44FN7O8S/c1-20-23(16-39-18-27(20)45(33(47)52-36(5,6)7)34(48)53-37(8,9)10)22-14-21-15-29(42-28-13-12-26-25(41-28)19-54(49,50)44(26)11)40-17-24(21)31(30(22)38)43-32(46)51-35(2,3)4/h12-18H,19H2,1-11H3,(H,43,46)(H,40,41,42). The summed E-state index contributed by atoms with van der Waals surface area (Å²) in [4.78, 5) is 53.9. The third-order valence-corrected chi connectivity index (χ3v) is 9.41. The van der Waals surface area contributed by atoms with Gasteiger partial charge >= 0.3 is 18.3 Å². The van der Waals surface area contributed by atoms with Crippen LogP contribution in [-0.4, -0.2) is 65.5 Å². The topological polar surface area (TPSA) is 182 Å². The Balaban J connectivity index is 1.65. The molecule has 0 fully saturated rings. The van der Waals surface area contributed by atoms with Gasteiger partial charge in [0.15, 0.2) is 5.82 Å². The Morgan fingerprint density at radius 2 is 1.46 bits per heavy atom. The summed E-state index contributed by atoms with van der Waals surface area (Å²) < 4.78 is 59.3. The molecule has 0 spiro atoms. The van der Waals surface area contributed by atoms with Crippen LogP contribution in [0.15, 0.2) is 42.9 Å². The summed E-state index contributed by atoms with van der Waals surface area (Å²) >= 11 is 0. The summed E-state index contributed by atoms with van der Waals surface area (Å²) in [7, 11) is -2.06. The molecule has 0 aliphatic carbocycles. The highest BCUT2D eigenvalue weighted by Gasteiger charge is 2.35. The van der Waals surface area contributed by atoms with Gasteiger partial charge in [-0.2, -0.15) is 4.90 Å². The largest absolute Gasteiger partial charge is 0.444 e. The maximum Gasteiger partial charge on any atom is 0.424 e. The average Bonchev–Trinajstić information content (AvgIpc) is 3.23. The number of fused-ring (bicyclic) bond motifs is 2. The molecule has 0 bridgehead atoms. The van der Waals surface area contributed by atoms with Gasteiger partial charge in [0.25, 0.3) is 0 Å². The first-order valence-electron chi connectivity index (χ1n) is 16.9. The van der Waals surface area contributed by atoms with Crippen LogP contribution in [0.1, 0.15) is 73.6 Å². The van der Waals surface area contributed by atoms with Crippen molar-refractivity contribution in [1.82, 2.24) is 15.0 Å². The molecule has 0 radical (unpaired) electrons. The Kier molecular flexibility index (Phi) is 10.3. The molecule has 3 amide bonds. The van der Waals surface area contributed by atoms with Crippen LogP contribution in [0.3, 0.4) is 0 Å². The van der Waals surface area contributed by atoms with Gasteiger partial charge in [0.1, 0.15) is 34.2 Å². The van der Waals surface area contributed by atoms with Crippen molar-refractivity contribution in [2.45, 2.75) is 91.8 Å². The maximum absolute atomic E-state index is 16.8. The van der Waals surface area contributed by atoms with Gasteiger partial charge in [0.2, 0.25) is 10.0 Å². The van der Waals surface area contributed by atoms with Crippen LogP contribution in [0, 0.1) is 12.7 Å². The van der Waals surface area contributed by atoms with Crippen molar-refractivity contribution >= 4 is 67.8 Å². The highest BCUT2D eigenvalue weighted by molar-refractivity contribution is 7.92. The monoisotopic (exact) mass is 765 g/mol. The molecule has 4 aromatic rings. The number of carbonyl (C=O) groups excluding carboxylic acids is 3. The van der Waals surface area contributed by atoms with Gasteiger partial charge in [0, 0.05) is 36.0 Å². The molecule has 17 heteroatoms. The van der Waals surface area contributed by atoms with E-state index in [-0.39, 0.29) is 45.0 Å². The van der Waals surface area contributed by atoms with Crippen LogP contribution in [0.25, 0.3) is 21.9 Å². The van der Waals surface area contributed by atoms with E-state index in [1.165, 1.54) is 36.0 Å². The number of halogens is 1. The number of sulfonamides is 1. The molecule has 0 saturated carbocycles. The lowest BCUT2D eigenvalue weighted by molar-refractivity contribution is 0.0429. The molecule has 5 rings (SSSR count). The van der Waals surface area contributed by atoms with E-state index in [0.29, 0.717) is 27.5 Å². The van der Waals surface area contributed by atoms with Gasteiger partial charge in [-0.25, -0.2) is 37.2 Å². The molecule has 0 unspecified atom stereocenters. The second-order valence-corrected chi connectivity index (χ2v) is 17.7. The lowest BCUT2D eigenvalue weighted by Crippen LogP contribution is -2.44. The fourth-order valence-corrected chi connectivity index (χ4v) is 6.69. The summed E-state index contributed by atoms with van der Waals surface area (Å²) in [5, 5.41) is 6.21. The molecular weight excluding hydrogens is 722 g/mol. The smallest absolute Gasteiger partial charge is 0.424 e. The molecule has 54 heavy (non-hydrogen) atoms. The predicted octanol–water partition coefficient (Wildman–Crippen LogP) is 8.19. The number of hydrogen-bond donors (Lipinski definition) is 2. The van der Waals surface area contributed by atoms with Gasteiger partial charge in [-0.3, -0.25) is 14.6 Å². The van der Waals surface area contributed by atoms with Crippen molar-refractivity contribution in [2.75, 3.05) is 26.9 Å². The predicted molar refractivity (Wildman–Crippen MR) is 203 cm³/mol. The summed E-state index contributed by atoms with van der Waals surface area (Å²) in [5.74, 6) is -0.537. The van der Waals surface area contributed by atoms with Gasteiger partial charge in [-0.1, -0.05) is 0 Å². The number of benzene rings is 1. The summed E-state index contributed by atoms with van der Waals surface area (Å²) in [6.07, 6.45) is 1.01. The third kappa shape index (κ3) is 8.78. The highest BCUT2D eigenvalue weighted by Crippen LogP contribution is 2.40. The quantitative estimate of drug-likeness (QED) is 0.186. The number of aromatic nitrogens is 3. The molecule has 3 aromatic heterocycles. The molecule has 0 atom stereocenters. The number of imide groups is 1. The van der Waals surface area contributed by atoms with Crippen molar-refractivity contribution in [3.8, 4) is 11.1 Å². The van der Waals surface area contributed by atoms with Crippen molar-refractivity contribution in [1.29, 1.82) is 0 Å². The Labute approximate surface area is 313 Å². The molecule has 1 aliphatic rings. The number of amides is 3. The normalized spacial score (nSPS) is 14.0. The van der Waals surface area contributed by atoms with E-state index in [4.69, 9.17) is 14.2 Å². The van der Waals surface area contributed by atoms with Gasteiger partial charge < -0.3 is 19.5 Å². The zero-order chi connectivity index (χ0) is 40.1. The Hall–Kier alpha value is -5.58. The molecule has 1 aliphatic heterocycles. The second kappa shape index (κ2) is 14.0. The van der Waals surface area contributed by atoms with Crippen LogP contribution in [0.5, 0.6) is 0 Å². The molecule has 15 nitrogen and oxygen atoms in total. The van der Waals surface area contributed by atoms with Crippen molar-refractivity contribution in [3.05, 3.63) is 59.9 Å². The van der Waals surface area contributed by atoms with E-state index in [1.54, 1.807) is 87.4 Å². The summed E-state index contributed by atoms with van der Waals surface area (Å²) in [6.45, 7) is 16.4. The average molecular weight is 766 g/mol. The SMILES string of the molecule is Cc1c(-c2cc3cc(Nc4ccc5c(n4)CS(=O)(=O)N5C)ncc3c(NC(=O)OC(C)(C)C)c2F)cncc1N(C(=O)OC(C)(C)C)C(=O)OC(C)(C)C. The number of pyridine rings is 3. The van der Waals surface area contributed by atoms with Crippen LogP contribution >= 0.6 is 0 Å². The number of nitrogens with zero attached hydrogens (tertiary/aromatic N) is 5. The zero-order valence-electron chi connectivity index (χ0n) is 32.0. The van der Waals surface area contributed by atoms with E-state index < -0.39 is 50.9 Å². The highest BCUT2D eigenvalue weighted by atomic mass is 32.2. The zero-order valence-corrected chi connectivity index (χ0v) is 32.9. The lowest BCUT2D eigenvalue weighted by Gasteiger charge is -2.29. The minimum Gasteiger partial charge on any atom is -0.444 e. The van der Waals surface area contributed by atoms with E-state index in [1.807, 2.05) is 0 Å². The van der Waals surface area contributed by atoms with Crippen molar-refractivity contribution in [2.24, 2.45) is 0 Å². The number of ether oxygens (including phenoxy) is 3. The van der Waals surface area contributed by atoms with E-state index in [2.05, 4.69) is 25.6 Å². The van der Waals surface area contributed by atoms with E-state index in [9.17, 15) is 22.8 Å². The van der Waals surface area contributed by atoms with Gasteiger partial charge in [-0.15, -0.1) is 0 Å². The fraction of sp³-hybridized carbons (Fsp3) is 0.405. The van der Waals surface area contributed by atoms with Crippen LogP contribution in [0.4, 0.5) is 47.5 Å². The first-order valence-corrected chi connectivity index (χ1v) is 18.5. The Morgan fingerprint density at radius 3 is 2.06 bits per heavy atom. The fourth-order valence-electron chi connectivity index (χ4n) is 5.47. The first-order chi connectivity index (χ1) is 24.8. The number of rotatable bonds is 5. The number of hydrogen-bond acceptors (Lipinski definition) is 12. The Morgan fingerprint density at radius 1 is 0.852 bits per heavy atom. The summed E-state index contributed by atoms with van der Waals surface area (Å²) in [6, 6.07) is 6.34. The lowest BCUT2D eigenvalue weighted by atomic mass is 9.97. The number of carbonyl (C=O) groups is 3. The second-order valence-electron chi connectivity index (χ2n) is 15.7. The van der Waals surface area contributed by atoms with E-state index >= 15 is 4.39 Å². The minimum absolute atomic E-state index is 0.0235. The first kappa shape index (κ1) is 39.6. The number of nitrogens with one attached hydrogen (secondary N) is 2. The number of anilines is 5. The molecule has 1 aromatic carbocycles.